The second-order valence-electron chi connectivity index (χ2n) is 33.0. The summed E-state index contributed by atoms with van der Waals surface area (Å²) in [6, 6.07) is 44.5. The number of rotatable bonds is 31. The van der Waals surface area contributed by atoms with Crippen LogP contribution in [0, 0.1) is 17.8 Å². The summed E-state index contributed by atoms with van der Waals surface area (Å²) in [5.74, 6) is -0.256. The summed E-state index contributed by atoms with van der Waals surface area (Å²) in [5, 5.41) is 13.0. The molecule has 0 saturated heterocycles. The molecule has 18 nitrogen and oxygen atoms in total. The number of methoxy groups -OCH3 is 1. The molecule has 0 heterocycles. The maximum Gasteiger partial charge on any atom is 0.573 e. The van der Waals surface area contributed by atoms with Crippen LogP contribution in [0.2, 0.25) is 0 Å². The maximum atomic E-state index is 13.3. The third kappa shape index (κ3) is 38.2. The van der Waals surface area contributed by atoms with Crippen molar-refractivity contribution in [3.05, 3.63) is 221 Å². The van der Waals surface area contributed by atoms with Crippen molar-refractivity contribution in [2.24, 2.45) is 17.8 Å². The van der Waals surface area contributed by atoms with E-state index >= 15 is 0 Å². The number of hydrogen-bond donors (Lipinski definition) is 5. The van der Waals surface area contributed by atoms with E-state index in [9.17, 15) is 98.6 Å². The van der Waals surface area contributed by atoms with Gasteiger partial charge in [0, 0.05) is 95.7 Å². The van der Waals surface area contributed by atoms with Gasteiger partial charge in [-0.3, -0.25) is 14.4 Å². The summed E-state index contributed by atoms with van der Waals surface area (Å²) in [6.45, 7) is 4.04. The van der Waals surface area contributed by atoms with Gasteiger partial charge in [-0.05, 0) is 276 Å². The number of Topliss-reactive ketones (excluding diaryl/α,β-unsaturated/α-hetero) is 2. The SMILES string of the molecule is CC(=O)Nc1cc(CC2CCC(CC(=O)Cc3cccc(OC(C)(F)F)c3)CC2)ccc1OC(F)(F)F.CC(F)(F)Oc1ccc(OC2CCC(NC(=O)Nc3cccc(CC(F)(F)F)c3)CC2)cc1.CC(F)(F)c1ccc(OC2CCCC(NC(=O)Nc3cccc(C(F)(F)F)c3)C2)cc1.COc1ccc(OC2CCC(CC(=O)Cc3cccc(OC(C)(F)F)c3)C2)cc1. The van der Waals surface area contributed by atoms with Crippen LogP contribution in [0.4, 0.5) is 101 Å². The lowest BCUT2D eigenvalue weighted by Gasteiger charge is -2.30. The highest BCUT2D eigenvalue weighted by Crippen LogP contribution is 2.40. The molecule has 130 heavy (non-hydrogen) atoms. The van der Waals surface area contributed by atoms with Gasteiger partial charge in [-0.15, -0.1) is 13.2 Å². The fourth-order valence-corrected chi connectivity index (χ4v) is 15.6. The van der Waals surface area contributed by atoms with E-state index in [0.29, 0.717) is 113 Å². The highest BCUT2D eigenvalue weighted by Gasteiger charge is 2.37. The Labute approximate surface area is 741 Å². The zero-order chi connectivity index (χ0) is 94.8. The molecule has 4 unspecified atom stereocenters. The van der Waals surface area contributed by atoms with E-state index < -0.39 is 78.7 Å². The van der Waals surface area contributed by atoms with Gasteiger partial charge in [-0.1, -0.05) is 48.5 Å². The molecule has 0 radical (unpaired) electrons. The van der Waals surface area contributed by atoms with Gasteiger partial charge in [0.05, 0.1) is 37.0 Å². The molecule has 5 N–H and O–H groups in total. The molecule has 5 amide bonds. The minimum Gasteiger partial charge on any atom is -0.497 e. The lowest BCUT2D eigenvalue weighted by Crippen LogP contribution is -2.43. The topological polar surface area (TPSA) is 219 Å². The molecule has 4 atom stereocenters. The first-order chi connectivity index (χ1) is 61.0. The first-order valence-corrected chi connectivity index (χ1v) is 42.3. The van der Waals surface area contributed by atoms with Gasteiger partial charge in [0.2, 0.25) is 5.91 Å². The molecular weight excluding hydrogens is 1740 g/mol. The molecule has 8 aromatic carbocycles. The van der Waals surface area contributed by atoms with Crippen molar-refractivity contribution >= 4 is 46.6 Å². The van der Waals surface area contributed by atoms with Gasteiger partial charge in [0.1, 0.15) is 57.9 Å². The molecule has 4 aliphatic carbocycles. The average Bonchev–Trinajstić information content (AvgIpc) is 0.876. The summed E-state index contributed by atoms with van der Waals surface area (Å²) in [5.41, 5.74) is 1.52. The number of alkyl halides is 17. The molecule has 0 aromatic heterocycles. The average molecular weight is 1850 g/mol. The van der Waals surface area contributed by atoms with Gasteiger partial charge in [0.15, 0.2) is 5.75 Å². The van der Waals surface area contributed by atoms with E-state index in [2.05, 4.69) is 45.5 Å². The van der Waals surface area contributed by atoms with Crippen molar-refractivity contribution in [3.63, 3.8) is 0 Å². The largest absolute Gasteiger partial charge is 0.573 e. The second kappa shape index (κ2) is 46.2. The number of hydrogen-bond acceptors (Lipinski definition) is 13. The first-order valence-electron chi connectivity index (χ1n) is 42.3. The van der Waals surface area contributed by atoms with E-state index in [4.69, 9.17) is 18.9 Å². The highest BCUT2D eigenvalue weighted by atomic mass is 19.4. The normalized spacial score (nSPS) is 18.9. The molecule has 12 rings (SSSR count). The smallest absolute Gasteiger partial charge is 0.497 e. The summed E-state index contributed by atoms with van der Waals surface area (Å²) in [6.07, 6.45) is -11.3. The number of amides is 5. The Morgan fingerprint density at radius 2 is 0.831 bits per heavy atom. The predicted octanol–water partition coefficient (Wildman–Crippen LogP) is 25.1. The van der Waals surface area contributed by atoms with Crippen LogP contribution < -0.4 is 64.5 Å². The molecule has 8 aromatic rings. The number of ether oxygens (including phenoxy) is 8. The van der Waals surface area contributed by atoms with E-state index in [-0.39, 0.29) is 106 Å². The van der Waals surface area contributed by atoms with Gasteiger partial charge in [-0.2, -0.15) is 52.7 Å². The number of carbonyl (C=O) groups is 5. The Hall–Kier alpha value is -11.7. The minimum absolute atomic E-state index is 0.0120. The van der Waals surface area contributed by atoms with Crippen molar-refractivity contribution in [1.29, 1.82) is 0 Å². The van der Waals surface area contributed by atoms with Crippen molar-refractivity contribution in [3.8, 4) is 46.0 Å². The molecule has 706 valence electrons. The lowest BCUT2D eigenvalue weighted by atomic mass is 9.77. The van der Waals surface area contributed by atoms with Crippen LogP contribution in [0.15, 0.2) is 188 Å². The monoisotopic (exact) mass is 1850 g/mol. The van der Waals surface area contributed by atoms with Crippen molar-refractivity contribution < 1.29 is 137 Å². The van der Waals surface area contributed by atoms with Crippen LogP contribution in [0.5, 0.6) is 46.0 Å². The summed E-state index contributed by atoms with van der Waals surface area (Å²) in [4.78, 5) is 60.9. The van der Waals surface area contributed by atoms with E-state index in [1.165, 1.54) is 116 Å². The number of ketones is 2. The summed E-state index contributed by atoms with van der Waals surface area (Å²) in [7, 11) is 1.62. The Morgan fingerprint density at radius 1 is 0.377 bits per heavy atom. The summed E-state index contributed by atoms with van der Waals surface area (Å²) >= 11 is 0. The quantitative estimate of drug-likeness (QED) is 0.0256. The number of benzene rings is 8. The van der Waals surface area contributed by atoms with Crippen LogP contribution in [-0.2, 0) is 52.2 Å². The van der Waals surface area contributed by atoms with Gasteiger partial charge in [-0.25, -0.2) is 18.4 Å². The van der Waals surface area contributed by atoms with Crippen molar-refractivity contribution in [2.45, 2.75) is 243 Å². The number of carbonyl (C=O) groups excluding carboxylic acids is 5. The highest BCUT2D eigenvalue weighted by molar-refractivity contribution is 5.91. The zero-order valence-electron chi connectivity index (χ0n) is 72.1. The number of anilines is 3. The number of nitrogens with one attached hydrogen (secondary N) is 5. The standard InChI is InChI=1S/C27H30F5NO4.C23H25F5N2O3.C23H26F2O4.C22H23F5N2O2/c1-17(34)33-24-16-21(10-11-25(24)37-27(30,31)32)12-18-6-8-19(9-7-18)13-22(35)14-20-4-3-5-23(15-20)36-26(2,28)29;1-22(24,25)33-20-11-9-19(10-12-20)32-18-7-5-16(6-8-18)29-21(31)30-17-4-2-3-15(13-17)14-23(26,27)28;1-23(24,25)29-22-5-3-4-16(15-22)12-18(26)13-17-6-7-21(14-17)28-20-10-8-19(27-2)9-11-20;1-21(23,24)14-8-10-18(11-9-14)31-19-7-3-6-17(13-19)29-20(30)28-16-5-2-4-15(12-16)22(25,26)27/h3-5,10-11,15-16,18-19H,6-9,12-14H2,1-2H3,(H,33,34);2-4,9-13,16,18H,5-8,14H2,1H3,(H2,29,30,31);3-5,8-11,15,17,21H,6-7,12-14H2,1-2H3;2,4-5,8-12,17,19H,3,6-7,13H2,1H3,(H2,28,29,30). The molecule has 0 spiro atoms. The Morgan fingerprint density at radius 3 is 1.35 bits per heavy atom. The first kappa shape index (κ1) is 102. The third-order valence-corrected chi connectivity index (χ3v) is 21.2. The second-order valence-corrected chi connectivity index (χ2v) is 33.0. The fraction of sp³-hybridized carbons (Fsp3) is 0.442. The molecule has 0 aliphatic heterocycles. The molecular formula is C95H104F17N5O13. The Balaban J connectivity index is 0.000000196. The van der Waals surface area contributed by atoms with Crippen molar-refractivity contribution in [2.75, 3.05) is 23.1 Å². The van der Waals surface area contributed by atoms with E-state index in [1.54, 1.807) is 49.6 Å². The van der Waals surface area contributed by atoms with Crippen LogP contribution in [0.25, 0.3) is 0 Å². The maximum absolute atomic E-state index is 13.3. The molecule has 0 bridgehead atoms. The third-order valence-electron chi connectivity index (χ3n) is 21.2. The predicted molar refractivity (Wildman–Crippen MR) is 452 cm³/mol. The van der Waals surface area contributed by atoms with Crippen molar-refractivity contribution in [1.82, 2.24) is 10.6 Å². The number of urea groups is 2. The van der Waals surface area contributed by atoms with Gasteiger partial charge < -0.3 is 64.5 Å². The minimum atomic E-state index is -4.87. The Bertz CT molecular complexity index is 4950. The molecule has 4 fully saturated rings. The van der Waals surface area contributed by atoms with Crippen LogP contribution in [-0.4, -0.2) is 97.9 Å². The molecule has 35 heteroatoms. The summed E-state index contributed by atoms with van der Waals surface area (Å²) < 4.78 is 259. The van der Waals surface area contributed by atoms with Crippen LogP contribution >= 0.6 is 0 Å². The molecule has 4 saturated carbocycles. The van der Waals surface area contributed by atoms with E-state index in [0.717, 1.165) is 93.9 Å². The van der Waals surface area contributed by atoms with Gasteiger partial charge >= 0.3 is 49.1 Å². The molecule has 4 aliphatic rings. The van der Waals surface area contributed by atoms with Crippen LogP contribution in [0.1, 0.15) is 177 Å². The van der Waals surface area contributed by atoms with Crippen LogP contribution in [0.3, 0.4) is 0 Å². The Kier molecular flexibility index (Phi) is 36.3. The number of halogens is 17. The zero-order valence-corrected chi connectivity index (χ0v) is 72.1. The van der Waals surface area contributed by atoms with Gasteiger partial charge in [0.25, 0.3) is 5.92 Å². The lowest BCUT2D eigenvalue weighted by molar-refractivity contribution is -0.274. The fourth-order valence-electron chi connectivity index (χ4n) is 15.6. The van der Waals surface area contributed by atoms with E-state index in [1.807, 2.05) is 24.3 Å².